The minimum absolute atomic E-state index is 0.0635. The van der Waals surface area contributed by atoms with Gasteiger partial charge in [0.2, 0.25) is 11.8 Å². The number of aromatic nitrogens is 4. The third kappa shape index (κ3) is 11.0. The molecule has 4 unspecified atom stereocenters. The summed E-state index contributed by atoms with van der Waals surface area (Å²) in [5, 5.41) is 5.68. The molecule has 2 saturated carbocycles. The molecule has 0 spiro atoms. The Bertz CT molecular complexity index is 2600. The number of ether oxygens (including phenoxy) is 2. The standard InChI is InChI=1S/C59H80N8O6/c1-9-38-28-44(39-24-26-40(27-25-39)46-32-60-54(62-46)50-30-42-14-10-12-16-48(42)66(50)56(68)52(34(2)3)64-58(70)72-7)41(23-22-37-20-18-36(6)19-21-37)29-45(38)47-33-61-55(63-47)51-31-43-15-11-13-17-49(43)67(51)57(69)53(35(4)5)65-59(71)73-8/h18,20-21,24-27,29,32-36,38,42-43,48-53H,9-17,19,22-23,28,30-31H2,1-8H3,(H,60,62)(H,61,63)(H,64,70)(H,65,71)/t36-,38+,42?,43?,48?,49?,50+,51+,52+,53+/m1/s1. The molecule has 4 fully saturated rings. The van der Waals surface area contributed by atoms with Gasteiger partial charge in [-0.3, -0.25) is 9.59 Å². The Hall–Kier alpha value is -5.92. The van der Waals surface area contributed by atoms with E-state index in [1.54, 1.807) is 0 Å². The summed E-state index contributed by atoms with van der Waals surface area (Å²) in [6, 6.07) is 7.29. The largest absolute Gasteiger partial charge is 0.453 e. The van der Waals surface area contributed by atoms with E-state index in [0.29, 0.717) is 17.8 Å². The fraction of sp³-hybridized carbons (Fsp3) is 0.593. The highest BCUT2D eigenvalue weighted by Gasteiger charge is 2.50. The minimum atomic E-state index is -0.698. The molecule has 2 aromatic heterocycles. The van der Waals surface area contributed by atoms with Crippen molar-refractivity contribution in [2.75, 3.05) is 14.2 Å². The van der Waals surface area contributed by atoms with Gasteiger partial charge in [0.25, 0.3) is 0 Å². The number of nitrogens with zero attached hydrogens (tertiary/aromatic N) is 4. The lowest BCUT2D eigenvalue weighted by Gasteiger charge is -2.36. The lowest BCUT2D eigenvalue weighted by atomic mass is 9.77. The Morgan fingerprint density at radius 1 is 0.726 bits per heavy atom. The molecule has 14 heteroatoms. The molecule has 4 aliphatic carbocycles. The molecule has 0 radical (unpaired) electrons. The molecule has 1 aromatic carbocycles. The summed E-state index contributed by atoms with van der Waals surface area (Å²) < 4.78 is 9.88. The second-order valence-corrected chi connectivity index (χ2v) is 22.6. The van der Waals surface area contributed by atoms with Crippen molar-refractivity contribution in [3.8, 4) is 11.3 Å². The van der Waals surface area contributed by atoms with Crippen LogP contribution in [0.1, 0.15) is 173 Å². The highest BCUT2D eigenvalue weighted by molar-refractivity contribution is 5.88. The molecule has 3 aromatic rings. The van der Waals surface area contributed by atoms with Gasteiger partial charge < -0.3 is 39.9 Å². The van der Waals surface area contributed by atoms with Gasteiger partial charge in [-0.05, 0) is 134 Å². The van der Waals surface area contributed by atoms with Crippen LogP contribution in [0.2, 0.25) is 0 Å². The molecule has 2 aliphatic heterocycles. The normalized spacial score (nSPS) is 26.8. The summed E-state index contributed by atoms with van der Waals surface area (Å²) in [5.74, 6) is 2.81. The number of H-pyrrole nitrogens is 2. The number of nitrogens with one attached hydrogen (secondary N) is 4. The van der Waals surface area contributed by atoms with Gasteiger partial charge in [0.05, 0.1) is 50.1 Å². The van der Waals surface area contributed by atoms with E-state index in [4.69, 9.17) is 19.4 Å². The van der Waals surface area contributed by atoms with Gasteiger partial charge >= 0.3 is 12.2 Å². The maximum Gasteiger partial charge on any atom is 0.407 e. The SMILES string of the molecule is CC[C@H]1CC(c2ccc(-c3cnc([C@@H]4CC5CCCCC5N4C(=O)[C@@H](NC(=O)OC)C(C)C)[nH]3)cc2)=C(CCC2=CC[C@H](C)C=C2)C=C1c1cnc([C@@H]2CC3CCCCC3N2C(=O)[C@@H](NC(=O)OC)C(C)C)[nH]1. The number of amides is 4. The predicted octanol–water partition coefficient (Wildman–Crippen LogP) is 11.8. The van der Waals surface area contributed by atoms with Crippen molar-refractivity contribution in [1.29, 1.82) is 0 Å². The van der Waals surface area contributed by atoms with Crippen molar-refractivity contribution in [2.45, 2.75) is 174 Å². The first kappa shape index (κ1) is 52.0. The Balaban J connectivity index is 1.01. The number of allylic oxidation sites excluding steroid dienone is 8. The summed E-state index contributed by atoms with van der Waals surface area (Å²) in [6.07, 6.45) is 27.2. The Morgan fingerprint density at radius 2 is 1.25 bits per heavy atom. The van der Waals surface area contributed by atoms with E-state index in [0.717, 1.165) is 125 Å². The number of carbonyl (C=O) groups excluding carboxylic acids is 4. The number of fused-ring (bicyclic) bond motifs is 2. The average molecular weight is 997 g/mol. The summed E-state index contributed by atoms with van der Waals surface area (Å²) >= 11 is 0. The van der Waals surface area contributed by atoms with Crippen LogP contribution in [0, 0.1) is 35.5 Å². The zero-order valence-corrected chi connectivity index (χ0v) is 44.5. The van der Waals surface area contributed by atoms with Crippen LogP contribution >= 0.6 is 0 Å². The van der Waals surface area contributed by atoms with Crippen molar-refractivity contribution in [3.63, 3.8) is 0 Å². The van der Waals surface area contributed by atoms with Crippen LogP contribution in [0.15, 0.2) is 72.1 Å². The number of alkyl carbamates (subject to hydrolysis) is 2. The molecule has 4 amide bonds. The first-order chi connectivity index (χ1) is 35.3. The predicted molar refractivity (Wildman–Crippen MR) is 284 cm³/mol. The molecule has 0 bridgehead atoms. The van der Waals surface area contributed by atoms with E-state index in [1.807, 2.05) is 45.0 Å². The van der Waals surface area contributed by atoms with Gasteiger partial charge in [-0.25, -0.2) is 19.6 Å². The van der Waals surface area contributed by atoms with Crippen LogP contribution in [-0.2, 0) is 19.1 Å². The number of methoxy groups -OCH3 is 2. The van der Waals surface area contributed by atoms with Gasteiger partial charge in [-0.15, -0.1) is 0 Å². The van der Waals surface area contributed by atoms with Crippen LogP contribution in [0.25, 0.3) is 22.4 Å². The summed E-state index contributed by atoms with van der Waals surface area (Å²) in [7, 11) is 2.66. The molecular formula is C59H80N8O6. The fourth-order valence-electron chi connectivity index (χ4n) is 13.2. The number of hydrogen-bond donors (Lipinski definition) is 4. The minimum Gasteiger partial charge on any atom is -0.453 e. The van der Waals surface area contributed by atoms with Crippen LogP contribution in [-0.4, -0.2) is 92.1 Å². The van der Waals surface area contributed by atoms with Crippen molar-refractivity contribution in [3.05, 3.63) is 95.0 Å². The highest BCUT2D eigenvalue weighted by atomic mass is 16.5. The summed E-state index contributed by atoms with van der Waals surface area (Å²) in [6.45, 7) is 12.4. The van der Waals surface area contributed by atoms with Crippen molar-refractivity contribution < 1.29 is 28.7 Å². The Morgan fingerprint density at radius 3 is 1.75 bits per heavy atom. The smallest absolute Gasteiger partial charge is 0.407 e. The highest BCUT2D eigenvalue weighted by Crippen LogP contribution is 2.49. The molecule has 2 saturated heterocycles. The number of benzene rings is 1. The van der Waals surface area contributed by atoms with E-state index >= 15 is 0 Å². The summed E-state index contributed by atoms with van der Waals surface area (Å²) in [5.41, 5.74) is 9.46. The molecule has 4 heterocycles. The third-order valence-electron chi connectivity index (χ3n) is 17.3. The number of imidazole rings is 2. The second-order valence-electron chi connectivity index (χ2n) is 22.6. The second kappa shape index (κ2) is 22.7. The number of aromatic amines is 2. The van der Waals surface area contributed by atoms with Crippen molar-refractivity contribution in [1.82, 2.24) is 40.4 Å². The van der Waals surface area contributed by atoms with E-state index in [-0.39, 0.29) is 53.7 Å². The number of hydrogen-bond acceptors (Lipinski definition) is 8. The van der Waals surface area contributed by atoms with E-state index < -0.39 is 24.3 Å². The van der Waals surface area contributed by atoms with Gasteiger partial charge in [-0.1, -0.05) is 121 Å². The molecule has 392 valence electrons. The molecule has 4 N–H and O–H groups in total. The third-order valence-corrected chi connectivity index (χ3v) is 17.3. The lowest BCUT2D eigenvalue weighted by molar-refractivity contribution is -0.139. The van der Waals surface area contributed by atoms with Crippen molar-refractivity contribution >= 4 is 35.1 Å². The topological polar surface area (TPSA) is 175 Å². The Kier molecular flexibility index (Phi) is 16.1. The average Bonchev–Trinajstić information content (AvgIpc) is 4.24. The first-order valence-corrected chi connectivity index (χ1v) is 27.6. The van der Waals surface area contributed by atoms with E-state index in [2.05, 4.69) is 87.9 Å². The fourth-order valence-corrected chi connectivity index (χ4v) is 13.2. The van der Waals surface area contributed by atoms with Gasteiger partial charge in [0.15, 0.2) is 0 Å². The maximum atomic E-state index is 14.6. The van der Waals surface area contributed by atoms with Crippen molar-refractivity contribution in [2.24, 2.45) is 35.5 Å². The zero-order chi connectivity index (χ0) is 51.5. The molecule has 10 atom stereocenters. The Labute approximate surface area is 432 Å². The van der Waals surface area contributed by atoms with Crippen LogP contribution in [0.3, 0.4) is 0 Å². The van der Waals surface area contributed by atoms with Crippen LogP contribution in [0.4, 0.5) is 9.59 Å². The lowest BCUT2D eigenvalue weighted by Crippen LogP contribution is -2.53. The molecule has 9 rings (SSSR count). The quantitative estimate of drug-likeness (QED) is 0.116. The zero-order valence-electron chi connectivity index (χ0n) is 44.5. The summed E-state index contributed by atoms with van der Waals surface area (Å²) in [4.78, 5) is 75.5. The van der Waals surface area contributed by atoms with Crippen LogP contribution in [0.5, 0.6) is 0 Å². The van der Waals surface area contributed by atoms with Gasteiger partial charge in [0, 0.05) is 12.1 Å². The number of likely N-dealkylation sites (tertiary alicyclic amines) is 2. The van der Waals surface area contributed by atoms with Gasteiger partial charge in [0.1, 0.15) is 23.7 Å². The maximum absolute atomic E-state index is 14.6. The first-order valence-electron chi connectivity index (χ1n) is 27.6. The number of carbonyl (C=O) groups is 4. The van der Waals surface area contributed by atoms with E-state index in [1.165, 1.54) is 42.1 Å². The molecular weight excluding hydrogens is 917 g/mol. The molecule has 73 heavy (non-hydrogen) atoms. The molecule has 14 nitrogen and oxygen atoms in total. The van der Waals surface area contributed by atoms with Gasteiger partial charge in [-0.2, -0.15) is 0 Å². The molecule has 6 aliphatic rings. The number of rotatable bonds is 15. The monoisotopic (exact) mass is 997 g/mol. The van der Waals surface area contributed by atoms with E-state index in [9.17, 15) is 19.2 Å². The van der Waals surface area contributed by atoms with Crippen LogP contribution < -0.4 is 10.6 Å².